The minimum Gasteiger partial charge on any atom is -0.299 e. The molecule has 1 aliphatic rings. The Balaban J connectivity index is 2.47. The maximum Gasteiger partial charge on any atom is 0.137 e. The fourth-order valence-corrected chi connectivity index (χ4v) is 2.03. The zero-order valence-electron chi connectivity index (χ0n) is 8.13. The Kier molecular flexibility index (Phi) is 1.94. The van der Waals surface area contributed by atoms with Crippen molar-refractivity contribution in [1.29, 1.82) is 0 Å². The van der Waals surface area contributed by atoms with Crippen LogP contribution in [0.25, 0.3) is 0 Å². The van der Waals surface area contributed by atoms with Crippen LogP contribution in [0.3, 0.4) is 0 Å². The van der Waals surface area contributed by atoms with Crippen molar-refractivity contribution in [1.82, 2.24) is 9.78 Å². The fourth-order valence-electron chi connectivity index (χ4n) is 2.03. The lowest BCUT2D eigenvalue weighted by Gasteiger charge is -1.99. The highest BCUT2D eigenvalue weighted by atomic mass is 16.1. The van der Waals surface area contributed by atoms with Gasteiger partial charge in [-0.15, -0.1) is 0 Å². The van der Waals surface area contributed by atoms with Crippen molar-refractivity contribution in [2.24, 2.45) is 7.05 Å². The number of carbonyl (C=O) groups is 1. The summed E-state index contributed by atoms with van der Waals surface area (Å²) in [6, 6.07) is 0. The number of rotatable bonds is 0. The van der Waals surface area contributed by atoms with Gasteiger partial charge < -0.3 is 0 Å². The normalized spacial score (nSPS) is 16.9. The molecule has 0 saturated heterocycles. The van der Waals surface area contributed by atoms with Crippen molar-refractivity contribution in [2.75, 3.05) is 0 Å². The first kappa shape index (κ1) is 8.48. The van der Waals surface area contributed by atoms with E-state index in [9.17, 15) is 4.79 Å². The number of nitrogens with zero attached hydrogens (tertiary/aromatic N) is 2. The summed E-state index contributed by atoms with van der Waals surface area (Å²) in [5.74, 6) is 0.356. The van der Waals surface area contributed by atoms with E-state index in [1.54, 1.807) is 0 Å². The Morgan fingerprint density at radius 1 is 1.38 bits per heavy atom. The molecule has 1 aromatic heterocycles. The summed E-state index contributed by atoms with van der Waals surface area (Å²) in [5.41, 5.74) is 3.45. The minimum absolute atomic E-state index is 0.356. The number of hydrogen-bond acceptors (Lipinski definition) is 2. The molecule has 1 aromatic rings. The third kappa shape index (κ3) is 1.39. The fraction of sp³-hybridized carbons (Fsp3) is 0.600. The maximum atomic E-state index is 11.4. The summed E-state index contributed by atoms with van der Waals surface area (Å²) in [6.07, 6.45) is 3.30. The number of fused-ring (bicyclic) bond motifs is 1. The molecule has 0 atom stereocenters. The van der Waals surface area contributed by atoms with E-state index in [1.165, 1.54) is 11.3 Å². The van der Waals surface area contributed by atoms with Crippen molar-refractivity contribution < 1.29 is 4.79 Å². The Morgan fingerprint density at radius 2 is 2.15 bits per heavy atom. The highest BCUT2D eigenvalue weighted by Gasteiger charge is 2.19. The second-order valence-corrected chi connectivity index (χ2v) is 3.70. The smallest absolute Gasteiger partial charge is 0.137 e. The number of aromatic nitrogens is 2. The van der Waals surface area contributed by atoms with Crippen LogP contribution in [0.1, 0.15) is 29.8 Å². The molecule has 0 radical (unpaired) electrons. The maximum absolute atomic E-state index is 11.4. The third-order valence-corrected chi connectivity index (χ3v) is 2.72. The largest absolute Gasteiger partial charge is 0.299 e. The highest BCUT2D eigenvalue weighted by Crippen LogP contribution is 2.20. The number of hydrogen-bond donors (Lipinski definition) is 0. The van der Waals surface area contributed by atoms with Gasteiger partial charge >= 0.3 is 0 Å². The van der Waals surface area contributed by atoms with E-state index in [4.69, 9.17) is 0 Å². The number of carbonyl (C=O) groups excluding carboxylic acids is 1. The van der Waals surface area contributed by atoms with Crippen LogP contribution in [0.15, 0.2) is 0 Å². The third-order valence-electron chi connectivity index (χ3n) is 2.72. The van der Waals surface area contributed by atoms with Gasteiger partial charge in [0, 0.05) is 31.1 Å². The molecule has 0 amide bonds. The van der Waals surface area contributed by atoms with Gasteiger partial charge in [0.25, 0.3) is 0 Å². The van der Waals surface area contributed by atoms with E-state index in [2.05, 4.69) is 5.10 Å². The molecule has 3 nitrogen and oxygen atoms in total. The molecule has 0 aromatic carbocycles. The lowest BCUT2D eigenvalue weighted by molar-refractivity contribution is -0.118. The highest BCUT2D eigenvalue weighted by molar-refractivity contribution is 5.81. The summed E-state index contributed by atoms with van der Waals surface area (Å²) in [6.45, 7) is 1.98. The standard InChI is InChI=1S/C10H14N2O/c1-7-9-6-8(13)4-3-5-10(9)12(2)11-7/h3-6H2,1-2H3. The van der Waals surface area contributed by atoms with Crippen molar-refractivity contribution in [3.05, 3.63) is 17.0 Å². The molecule has 0 saturated carbocycles. The summed E-state index contributed by atoms with van der Waals surface area (Å²) in [7, 11) is 1.96. The van der Waals surface area contributed by atoms with Gasteiger partial charge in [-0.1, -0.05) is 0 Å². The molecule has 0 N–H and O–H groups in total. The van der Waals surface area contributed by atoms with Crippen LogP contribution < -0.4 is 0 Å². The van der Waals surface area contributed by atoms with E-state index in [0.717, 1.165) is 25.0 Å². The molecule has 0 aliphatic heterocycles. The van der Waals surface area contributed by atoms with E-state index in [0.29, 0.717) is 12.2 Å². The Labute approximate surface area is 77.7 Å². The van der Waals surface area contributed by atoms with Gasteiger partial charge in [0.1, 0.15) is 5.78 Å². The summed E-state index contributed by atoms with van der Waals surface area (Å²) in [4.78, 5) is 11.4. The molecule has 1 aliphatic carbocycles. The predicted molar refractivity (Wildman–Crippen MR) is 49.6 cm³/mol. The molecular weight excluding hydrogens is 164 g/mol. The zero-order chi connectivity index (χ0) is 9.42. The average Bonchev–Trinajstić information content (AvgIpc) is 2.28. The monoisotopic (exact) mass is 178 g/mol. The molecule has 3 heteroatoms. The SMILES string of the molecule is Cc1nn(C)c2c1CC(=O)CCC2. The van der Waals surface area contributed by atoms with Crippen LogP contribution >= 0.6 is 0 Å². The van der Waals surface area contributed by atoms with E-state index >= 15 is 0 Å². The summed E-state index contributed by atoms with van der Waals surface area (Å²) in [5, 5.41) is 4.33. The van der Waals surface area contributed by atoms with Crippen LogP contribution in [-0.2, 0) is 24.7 Å². The summed E-state index contributed by atoms with van der Waals surface area (Å²) < 4.78 is 1.92. The van der Waals surface area contributed by atoms with Gasteiger partial charge in [0.15, 0.2) is 0 Å². The minimum atomic E-state index is 0.356. The quantitative estimate of drug-likeness (QED) is 0.559. The molecule has 0 spiro atoms. The first-order valence-electron chi connectivity index (χ1n) is 4.71. The topological polar surface area (TPSA) is 34.9 Å². The van der Waals surface area contributed by atoms with E-state index < -0.39 is 0 Å². The molecule has 0 unspecified atom stereocenters. The van der Waals surface area contributed by atoms with Crippen molar-refractivity contribution in [3.63, 3.8) is 0 Å². The molecule has 2 rings (SSSR count). The average molecular weight is 178 g/mol. The first-order valence-corrected chi connectivity index (χ1v) is 4.71. The number of aryl methyl sites for hydroxylation is 2. The van der Waals surface area contributed by atoms with E-state index in [1.807, 2.05) is 18.7 Å². The summed E-state index contributed by atoms with van der Waals surface area (Å²) >= 11 is 0. The van der Waals surface area contributed by atoms with Gasteiger partial charge in [0.05, 0.1) is 5.69 Å². The van der Waals surface area contributed by atoms with Crippen molar-refractivity contribution >= 4 is 5.78 Å². The van der Waals surface area contributed by atoms with Gasteiger partial charge in [-0.05, 0) is 19.8 Å². The van der Waals surface area contributed by atoms with Crippen molar-refractivity contribution in [2.45, 2.75) is 32.6 Å². The van der Waals surface area contributed by atoms with Crippen LogP contribution in [0.2, 0.25) is 0 Å². The number of Topliss-reactive ketones (excluding diaryl/α,β-unsaturated/α-hetero) is 1. The molecule has 70 valence electrons. The first-order chi connectivity index (χ1) is 6.18. The van der Waals surface area contributed by atoms with E-state index in [-0.39, 0.29) is 0 Å². The lowest BCUT2D eigenvalue weighted by atomic mass is 10.1. The molecule has 1 heterocycles. The van der Waals surface area contributed by atoms with Crippen LogP contribution in [0.4, 0.5) is 0 Å². The lowest BCUT2D eigenvalue weighted by Crippen LogP contribution is -2.00. The molecule has 0 fully saturated rings. The van der Waals surface area contributed by atoms with Crippen LogP contribution in [-0.4, -0.2) is 15.6 Å². The number of ketones is 1. The van der Waals surface area contributed by atoms with Crippen LogP contribution in [0, 0.1) is 6.92 Å². The Morgan fingerprint density at radius 3 is 2.92 bits per heavy atom. The van der Waals surface area contributed by atoms with Gasteiger partial charge in [-0.2, -0.15) is 5.10 Å². The van der Waals surface area contributed by atoms with Gasteiger partial charge in [0.2, 0.25) is 0 Å². The molecule has 13 heavy (non-hydrogen) atoms. The predicted octanol–water partition coefficient (Wildman–Crippen LogP) is 1.18. The second kappa shape index (κ2) is 2.98. The molecule has 0 bridgehead atoms. The Hall–Kier alpha value is -1.12. The van der Waals surface area contributed by atoms with Gasteiger partial charge in [-0.3, -0.25) is 9.48 Å². The van der Waals surface area contributed by atoms with Crippen LogP contribution in [0.5, 0.6) is 0 Å². The Bertz CT molecular complexity index is 352. The molecular formula is C10H14N2O. The van der Waals surface area contributed by atoms with Gasteiger partial charge in [-0.25, -0.2) is 0 Å². The second-order valence-electron chi connectivity index (χ2n) is 3.70. The zero-order valence-corrected chi connectivity index (χ0v) is 8.13. The van der Waals surface area contributed by atoms with Crippen molar-refractivity contribution in [3.8, 4) is 0 Å².